The second-order valence-electron chi connectivity index (χ2n) is 6.37. The first-order valence-corrected chi connectivity index (χ1v) is 7.35. The molecule has 110 valence electrons. The molecule has 0 aliphatic heterocycles. The van der Waals surface area contributed by atoms with Gasteiger partial charge in [-0.1, -0.05) is 31.5 Å². The SMILES string of the molecule is CN(c1cccc(Cl)c1[N+](=O)[O-])C1CCC(C)(C)CC1. The molecule has 0 spiro atoms. The Bertz CT molecular complexity index is 507. The lowest BCUT2D eigenvalue weighted by molar-refractivity contribution is -0.384. The van der Waals surface area contributed by atoms with Crippen LogP contribution in [0.5, 0.6) is 0 Å². The Hall–Kier alpha value is -1.29. The van der Waals surface area contributed by atoms with Crippen LogP contribution in [0.1, 0.15) is 39.5 Å². The zero-order valence-electron chi connectivity index (χ0n) is 12.2. The molecule has 1 fully saturated rings. The zero-order valence-corrected chi connectivity index (χ0v) is 13.0. The van der Waals surface area contributed by atoms with E-state index < -0.39 is 0 Å². The number of nitro groups is 1. The minimum atomic E-state index is -0.388. The van der Waals surface area contributed by atoms with Crippen LogP contribution in [0.3, 0.4) is 0 Å². The van der Waals surface area contributed by atoms with Crippen LogP contribution < -0.4 is 4.90 Å². The molecule has 0 saturated heterocycles. The predicted octanol–water partition coefficient (Wildman–Crippen LogP) is 4.65. The van der Waals surface area contributed by atoms with Crippen LogP contribution in [0.2, 0.25) is 5.02 Å². The Morgan fingerprint density at radius 3 is 2.50 bits per heavy atom. The summed E-state index contributed by atoms with van der Waals surface area (Å²) in [6.07, 6.45) is 4.42. The summed E-state index contributed by atoms with van der Waals surface area (Å²) in [4.78, 5) is 12.9. The molecule has 2 rings (SSSR count). The van der Waals surface area contributed by atoms with Crippen LogP contribution in [0, 0.1) is 15.5 Å². The molecule has 1 aromatic rings. The van der Waals surface area contributed by atoms with E-state index in [9.17, 15) is 10.1 Å². The average Bonchev–Trinajstić information content (AvgIpc) is 2.37. The minimum absolute atomic E-state index is 0.0153. The highest BCUT2D eigenvalue weighted by Crippen LogP contribution is 2.41. The highest BCUT2D eigenvalue weighted by molar-refractivity contribution is 6.33. The lowest BCUT2D eigenvalue weighted by atomic mass is 9.75. The molecule has 0 radical (unpaired) electrons. The molecular weight excluding hydrogens is 276 g/mol. The maximum absolute atomic E-state index is 11.2. The van der Waals surface area contributed by atoms with Gasteiger partial charge < -0.3 is 4.90 Å². The topological polar surface area (TPSA) is 46.4 Å². The fourth-order valence-electron chi connectivity index (χ4n) is 2.94. The quantitative estimate of drug-likeness (QED) is 0.602. The number of nitro benzene ring substituents is 1. The molecule has 0 amide bonds. The summed E-state index contributed by atoms with van der Waals surface area (Å²) in [5.41, 5.74) is 1.02. The Kier molecular flexibility index (Phi) is 4.23. The molecule has 1 aliphatic carbocycles. The molecule has 0 N–H and O–H groups in total. The molecule has 5 heteroatoms. The summed E-state index contributed by atoms with van der Waals surface area (Å²) in [6.45, 7) is 4.57. The van der Waals surface area contributed by atoms with E-state index in [-0.39, 0.29) is 15.6 Å². The molecule has 0 heterocycles. The fourth-order valence-corrected chi connectivity index (χ4v) is 3.18. The predicted molar refractivity (Wildman–Crippen MR) is 82.5 cm³/mol. The Labute approximate surface area is 124 Å². The van der Waals surface area contributed by atoms with Gasteiger partial charge >= 0.3 is 5.69 Å². The van der Waals surface area contributed by atoms with Crippen LogP contribution in [0.4, 0.5) is 11.4 Å². The maximum atomic E-state index is 11.2. The second-order valence-corrected chi connectivity index (χ2v) is 6.78. The van der Waals surface area contributed by atoms with E-state index in [1.807, 2.05) is 11.9 Å². The number of rotatable bonds is 3. The van der Waals surface area contributed by atoms with Crippen LogP contribution in [0.15, 0.2) is 18.2 Å². The van der Waals surface area contributed by atoms with Gasteiger partial charge in [0.1, 0.15) is 10.7 Å². The second kappa shape index (κ2) is 5.60. The normalized spacial score (nSPS) is 18.8. The van der Waals surface area contributed by atoms with Gasteiger partial charge in [-0.3, -0.25) is 10.1 Å². The van der Waals surface area contributed by atoms with Gasteiger partial charge in [-0.15, -0.1) is 0 Å². The van der Waals surface area contributed by atoms with Crippen LogP contribution in [-0.4, -0.2) is 18.0 Å². The number of anilines is 1. The monoisotopic (exact) mass is 296 g/mol. The Morgan fingerprint density at radius 2 is 1.95 bits per heavy atom. The molecule has 0 atom stereocenters. The number of hydrogen-bond donors (Lipinski definition) is 0. The van der Waals surface area contributed by atoms with Gasteiger partial charge in [0, 0.05) is 13.1 Å². The van der Waals surface area contributed by atoms with E-state index in [1.165, 1.54) is 0 Å². The van der Waals surface area contributed by atoms with Gasteiger partial charge in [0.2, 0.25) is 0 Å². The summed E-state index contributed by atoms with van der Waals surface area (Å²) in [7, 11) is 1.93. The molecular formula is C15H21ClN2O2. The fraction of sp³-hybridized carbons (Fsp3) is 0.600. The van der Waals surface area contributed by atoms with Gasteiger partial charge in [0.25, 0.3) is 0 Å². The Balaban J connectivity index is 2.24. The molecule has 20 heavy (non-hydrogen) atoms. The van der Waals surface area contributed by atoms with Gasteiger partial charge in [0.05, 0.1) is 4.92 Å². The van der Waals surface area contributed by atoms with E-state index in [4.69, 9.17) is 11.6 Å². The third-order valence-corrected chi connectivity index (χ3v) is 4.69. The van der Waals surface area contributed by atoms with E-state index in [1.54, 1.807) is 18.2 Å². The van der Waals surface area contributed by atoms with Crippen molar-refractivity contribution in [1.82, 2.24) is 0 Å². The maximum Gasteiger partial charge on any atom is 0.310 e. The number of nitrogens with zero attached hydrogens (tertiary/aromatic N) is 2. The molecule has 0 bridgehead atoms. The van der Waals surface area contributed by atoms with E-state index in [0.29, 0.717) is 17.1 Å². The first kappa shape index (κ1) is 15.1. The van der Waals surface area contributed by atoms with Gasteiger partial charge in [-0.25, -0.2) is 0 Å². The van der Waals surface area contributed by atoms with Gasteiger partial charge in [0.15, 0.2) is 0 Å². The minimum Gasteiger partial charge on any atom is -0.366 e. The van der Waals surface area contributed by atoms with Crippen molar-refractivity contribution in [2.75, 3.05) is 11.9 Å². The first-order chi connectivity index (χ1) is 9.32. The lowest BCUT2D eigenvalue weighted by Gasteiger charge is -2.39. The van der Waals surface area contributed by atoms with Gasteiger partial charge in [-0.05, 0) is 43.2 Å². The van der Waals surface area contributed by atoms with Crippen molar-refractivity contribution in [3.8, 4) is 0 Å². The summed E-state index contributed by atoms with van der Waals surface area (Å²) in [5.74, 6) is 0. The van der Waals surface area contributed by atoms with Crippen LogP contribution >= 0.6 is 11.6 Å². The van der Waals surface area contributed by atoms with Crippen molar-refractivity contribution in [2.45, 2.75) is 45.6 Å². The van der Waals surface area contributed by atoms with Crippen molar-refractivity contribution >= 4 is 23.0 Å². The molecule has 0 unspecified atom stereocenters. The van der Waals surface area contributed by atoms with E-state index in [0.717, 1.165) is 25.7 Å². The van der Waals surface area contributed by atoms with Crippen molar-refractivity contribution in [2.24, 2.45) is 5.41 Å². The smallest absolute Gasteiger partial charge is 0.310 e. The summed E-state index contributed by atoms with van der Waals surface area (Å²) in [6, 6.07) is 5.47. The third kappa shape index (κ3) is 3.06. The third-order valence-electron chi connectivity index (χ3n) is 4.38. The molecule has 1 aliphatic rings. The Morgan fingerprint density at radius 1 is 1.35 bits per heavy atom. The van der Waals surface area contributed by atoms with Crippen molar-refractivity contribution in [1.29, 1.82) is 0 Å². The lowest BCUT2D eigenvalue weighted by Crippen LogP contribution is -2.37. The van der Waals surface area contributed by atoms with Crippen LogP contribution in [-0.2, 0) is 0 Å². The largest absolute Gasteiger partial charge is 0.366 e. The summed E-state index contributed by atoms with van der Waals surface area (Å²) < 4.78 is 0. The first-order valence-electron chi connectivity index (χ1n) is 6.97. The standard InChI is InChI=1S/C15H21ClN2O2/c1-15(2)9-7-11(8-10-15)17(3)13-6-4-5-12(16)14(13)18(19)20/h4-6,11H,7-10H2,1-3H3. The number of benzene rings is 1. The van der Waals surface area contributed by atoms with Crippen molar-refractivity contribution < 1.29 is 4.92 Å². The summed E-state index contributed by atoms with van der Waals surface area (Å²) >= 11 is 5.98. The van der Waals surface area contributed by atoms with Crippen molar-refractivity contribution in [3.05, 3.63) is 33.3 Å². The molecule has 0 aromatic heterocycles. The molecule has 1 aromatic carbocycles. The average molecular weight is 297 g/mol. The summed E-state index contributed by atoms with van der Waals surface area (Å²) in [5, 5.41) is 11.4. The van der Waals surface area contributed by atoms with Gasteiger partial charge in [-0.2, -0.15) is 0 Å². The van der Waals surface area contributed by atoms with Crippen molar-refractivity contribution in [3.63, 3.8) is 0 Å². The number of para-hydroxylation sites is 1. The van der Waals surface area contributed by atoms with E-state index >= 15 is 0 Å². The van der Waals surface area contributed by atoms with Crippen LogP contribution in [0.25, 0.3) is 0 Å². The number of halogens is 1. The zero-order chi connectivity index (χ0) is 14.9. The van der Waals surface area contributed by atoms with E-state index in [2.05, 4.69) is 13.8 Å². The molecule has 1 saturated carbocycles. The number of hydrogen-bond acceptors (Lipinski definition) is 3. The molecule has 4 nitrogen and oxygen atoms in total. The highest BCUT2D eigenvalue weighted by Gasteiger charge is 2.31. The highest BCUT2D eigenvalue weighted by atomic mass is 35.5.